The summed E-state index contributed by atoms with van der Waals surface area (Å²) in [5.41, 5.74) is 1.05. The number of aryl methyl sites for hydroxylation is 1. The number of nitrogens with one attached hydrogen (secondary N) is 2. The van der Waals surface area contributed by atoms with Gasteiger partial charge in [0.15, 0.2) is 5.96 Å². The Hall–Kier alpha value is -2.15. The van der Waals surface area contributed by atoms with Crippen LogP contribution in [0.1, 0.15) is 48.1 Å². The lowest BCUT2D eigenvalue weighted by molar-refractivity contribution is 0.199. The number of pyridine rings is 1. The molecule has 0 radical (unpaired) electrons. The molecule has 140 valence electrons. The zero-order valence-corrected chi connectivity index (χ0v) is 16.3. The fourth-order valence-electron chi connectivity index (χ4n) is 2.98. The lowest BCUT2D eigenvalue weighted by Crippen LogP contribution is -2.36. The molecule has 1 saturated carbocycles. The molecule has 0 aromatic carbocycles. The number of guanidine groups is 1. The van der Waals surface area contributed by atoms with E-state index in [1.165, 1.54) is 17.7 Å². The molecule has 2 aromatic heterocycles. The SMILES string of the molecule is CCc1cnc(CNC(=NC)NCc2cccnc2OC2CCCC2)s1. The maximum absolute atomic E-state index is 6.10. The number of hydrogen-bond acceptors (Lipinski definition) is 5. The van der Waals surface area contributed by atoms with Gasteiger partial charge in [-0.1, -0.05) is 13.0 Å². The number of nitrogens with zero attached hydrogens (tertiary/aromatic N) is 3. The topological polar surface area (TPSA) is 71.4 Å². The normalized spacial score (nSPS) is 15.2. The number of ether oxygens (including phenoxy) is 1. The first-order valence-corrected chi connectivity index (χ1v) is 10.1. The number of thiazole rings is 1. The van der Waals surface area contributed by atoms with Crippen LogP contribution in [0.3, 0.4) is 0 Å². The molecule has 26 heavy (non-hydrogen) atoms. The third-order valence-corrected chi connectivity index (χ3v) is 5.60. The van der Waals surface area contributed by atoms with Gasteiger partial charge in [-0.15, -0.1) is 11.3 Å². The van der Waals surface area contributed by atoms with Crippen molar-refractivity contribution in [1.82, 2.24) is 20.6 Å². The second kappa shape index (κ2) is 9.52. The Morgan fingerprint density at radius 1 is 1.27 bits per heavy atom. The molecule has 2 heterocycles. The molecule has 2 N–H and O–H groups in total. The first kappa shape index (κ1) is 18.6. The van der Waals surface area contributed by atoms with E-state index in [2.05, 4.69) is 32.5 Å². The fraction of sp³-hybridized carbons (Fsp3) is 0.526. The van der Waals surface area contributed by atoms with E-state index in [0.29, 0.717) is 19.2 Å². The summed E-state index contributed by atoms with van der Waals surface area (Å²) in [6, 6.07) is 3.99. The maximum atomic E-state index is 6.10. The lowest BCUT2D eigenvalue weighted by atomic mass is 10.2. The van der Waals surface area contributed by atoms with Gasteiger partial charge in [0.05, 0.1) is 6.54 Å². The monoisotopic (exact) mass is 373 g/mol. The van der Waals surface area contributed by atoms with Gasteiger partial charge in [-0.05, 0) is 38.2 Å². The predicted molar refractivity (Wildman–Crippen MR) is 106 cm³/mol. The molecule has 7 heteroatoms. The van der Waals surface area contributed by atoms with Crippen molar-refractivity contribution in [2.75, 3.05) is 7.05 Å². The highest BCUT2D eigenvalue weighted by atomic mass is 32.1. The highest BCUT2D eigenvalue weighted by molar-refractivity contribution is 7.11. The van der Waals surface area contributed by atoms with Crippen LogP contribution in [0.4, 0.5) is 0 Å². The van der Waals surface area contributed by atoms with Crippen molar-refractivity contribution in [1.29, 1.82) is 0 Å². The number of rotatable bonds is 7. The maximum Gasteiger partial charge on any atom is 0.218 e. The zero-order chi connectivity index (χ0) is 18.2. The van der Waals surface area contributed by atoms with E-state index in [9.17, 15) is 0 Å². The molecular weight excluding hydrogens is 346 g/mol. The summed E-state index contributed by atoms with van der Waals surface area (Å²) >= 11 is 1.73. The van der Waals surface area contributed by atoms with Crippen molar-refractivity contribution >= 4 is 17.3 Å². The van der Waals surface area contributed by atoms with Crippen LogP contribution in [-0.2, 0) is 19.5 Å². The largest absolute Gasteiger partial charge is 0.474 e. The number of aliphatic imine (C=N–C) groups is 1. The third kappa shape index (κ3) is 5.17. The fourth-order valence-corrected chi connectivity index (χ4v) is 3.78. The van der Waals surface area contributed by atoms with Crippen LogP contribution in [0.2, 0.25) is 0 Å². The number of hydrogen-bond donors (Lipinski definition) is 2. The van der Waals surface area contributed by atoms with Crippen LogP contribution in [0.15, 0.2) is 29.5 Å². The molecule has 0 atom stereocenters. The molecule has 3 rings (SSSR count). The molecular formula is C19H27N5OS. The summed E-state index contributed by atoms with van der Waals surface area (Å²) in [6.07, 6.45) is 9.81. The van der Waals surface area contributed by atoms with Crippen molar-refractivity contribution in [3.63, 3.8) is 0 Å². The Balaban J connectivity index is 1.53. The van der Waals surface area contributed by atoms with Crippen LogP contribution >= 0.6 is 11.3 Å². The Kier molecular flexibility index (Phi) is 6.82. The van der Waals surface area contributed by atoms with Crippen LogP contribution < -0.4 is 15.4 Å². The Morgan fingerprint density at radius 2 is 2.08 bits per heavy atom. The van der Waals surface area contributed by atoms with Crippen molar-refractivity contribution in [2.45, 2.75) is 58.2 Å². The van der Waals surface area contributed by atoms with Gasteiger partial charge in [-0.3, -0.25) is 4.99 Å². The minimum Gasteiger partial charge on any atom is -0.474 e. The summed E-state index contributed by atoms with van der Waals surface area (Å²) < 4.78 is 6.10. The standard InChI is InChI=1S/C19H27N5OS/c1-3-16-12-22-17(26-16)13-24-19(20-2)23-11-14-7-6-10-21-18(14)25-15-8-4-5-9-15/h6-7,10,12,15H,3-5,8-9,11,13H2,1-2H3,(H2,20,23,24). The van der Waals surface area contributed by atoms with Gasteiger partial charge in [0.25, 0.3) is 0 Å². The highest BCUT2D eigenvalue weighted by Gasteiger charge is 2.18. The Morgan fingerprint density at radius 3 is 2.81 bits per heavy atom. The van der Waals surface area contributed by atoms with Gasteiger partial charge < -0.3 is 15.4 Å². The zero-order valence-electron chi connectivity index (χ0n) is 15.5. The average molecular weight is 374 g/mol. The molecule has 0 bridgehead atoms. The molecule has 2 aromatic rings. The van der Waals surface area contributed by atoms with Crippen molar-refractivity contribution in [3.8, 4) is 5.88 Å². The molecule has 0 unspecified atom stereocenters. The molecule has 1 aliphatic carbocycles. The van der Waals surface area contributed by atoms with Crippen molar-refractivity contribution < 1.29 is 4.74 Å². The minimum absolute atomic E-state index is 0.304. The van der Waals surface area contributed by atoms with Gasteiger partial charge in [0, 0.05) is 36.4 Å². The first-order chi connectivity index (χ1) is 12.8. The van der Waals surface area contributed by atoms with Crippen LogP contribution in [-0.4, -0.2) is 29.1 Å². The second-order valence-corrected chi connectivity index (χ2v) is 7.54. The van der Waals surface area contributed by atoms with Crippen molar-refractivity contribution in [3.05, 3.63) is 40.0 Å². The van der Waals surface area contributed by atoms with Gasteiger partial charge in [0.2, 0.25) is 5.88 Å². The Bertz CT molecular complexity index is 724. The molecule has 1 aliphatic rings. The van der Waals surface area contributed by atoms with E-state index in [1.54, 1.807) is 24.6 Å². The predicted octanol–water partition coefficient (Wildman–Crippen LogP) is 3.29. The molecule has 1 fully saturated rings. The lowest BCUT2D eigenvalue weighted by Gasteiger charge is -2.16. The van der Waals surface area contributed by atoms with Gasteiger partial charge in [-0.25, -0.2) is 9.97 Å². The first-order valence-electron chi connectivity index (χ1n) is 9.27. The van der Waals surface area contributed by atoms with E-state index in [4.69, 9.17) is 4.74 Å². The molecule has 0 saturated heterocycles. The van der Waals surface area contributed by atoms with Crippen LogP contribution in [0, 0.1) is 0 Å². The molecule has 0 aliphatic heterocycles. The quantitative estimate of drug-likeness (QED) is 0.576. The molecule has 6 nitrogen and oxygen atoms in total. The molecule has 0 amide bonds. The second-order valence-electron chi connectivity index (χ2n) is 6.35. The third-order valence-electron chi connectivity index (χ3n) is 4.46. The van der Waals surface area contributed by atoms with E-state index in [1.807, 2.05) is 18.3 Å². The number of aromatic nitrogens is 2. The minimum atomic E-state index is 0.304. The average Bonchev–Trinajstić information content (AvgIpc) is 3.34. The van der Waals surface area contributed by atoms with Gasteiger partial charge >= 0.3 is 0 Å². The van der Waals surface area contributed by atoms with Gasteiger partial charge in [-0.2, -0.15) is 0 Å². The van der Waals surface area contributed by atoms with Crippen LogP contribution in [0.25, 0.3) is 0 Å². The summed E-state index contributed by atoms with van der Waals surface area (Å²) in [4.78, 5) is 14.4. The summed E-state index contributed by atoms with van der Waals surface area (Å²) in [5.74, 6) is 1.48. The van der Waals surface area contributed by atoms with E-state index in [-0.39, 0.29) is 0 Å². The highest BCUT2D eigenvalue weighted by Crippen LogP contribution is 2.24. The van der Waals surface area contributed by atoms with E-state index >= 15 is 0 Å². The summed E-state index contributed by atoms with van der Waals surface area (Å²) in [7, 11) is 1.77. The summed E-state index contributed by atoms with van der Waals surface area (Å²) in [5, 5.41) is 7.72. The smallest absolute Gasteiger partial charge is 0.218 e. The van der Waals surface area contributed by atoms with Gasteiger partial charge in [0.1, 0.15) is 11.1 Å². The summed E-state index contributed by atoms with van der Waals surface area (Å²) in [6.45, 7) is 3.43. The van der Waals surface area contributed by atoms with Crippen molar-refractivity contribution in [2.24, 2.45) is 4.99 Å². The Labute approximate surface area is 159 Å². The van der Waals surface area contributed by atoms with E-state index < -0.39 is 0 Å². The van der Waals surface area contributed by atoms with Crippen LogP contribution in [0.5, 0.6) is 5.88 Å². The van der Waals surface area contributed by atoms with E-state index in [0.717, 1.165) is 41.7 Å². The molecule has 0 spiro atoms.